The van der Waals surface area contributed by atoms with Crippen molar-refractivity contribution in [2.24, 2.45) is 11.8 Å². The van der Waals surface area contributed by atoms with E-state index in [-0.39, 0.29) is 0 Å². The van der Waals surface area contributed by atoms with Crippen LogP contribution in [0.3, 0.4) is 0 Å². The van der Waals surface area contributed by atoms with E-state index in [1.54, 1.807) is 0 Å². The van der Waals surface area contributed by atoms with Crippen LogP contribution in [0.1, 0.15) is 57.8 Å². The molecule has 0 aromatic heterocycles. The van der Waals surface area contributed by atoms with Crippen molar-refractivity contribution in [2.45, 2.75) is 63.9 Å². The minimum atomic E-state index is -0.699. The summed E-state index contributed by atoms with van der Waals surface area (Å²) in [6.07, 6.45) is 13.3. The highest BCUT2D eigenvalue weighted by molar-refractivity contribution is 6.89. The summed E-state index contributed by atoms with van der Waals surface area (Å²) in [6, 6.07) is 0. The van der Waals surface area contributed by atoms with Crippen molar-refractivity contribution in [2.75, 3.05) is 0 Å². The second-order valence-electron chi connectivity index (χ2n) is 5.21. The van der Waals surface area contributed by atoms with Crippen LogP contribution >= 0.6 is 11.1 Å². The van der Waals surface area contributed by atoms with Crippen molar-refractivity contribution in [1.82, 2.24) is 0 Å². The molecule has 0 saturated heterocycles. The molecule has 0 aliphatic heterocycles. The molecule has 0 aromatic carbocycles. The van der Waals surface area contributed by atoms with Gasteiger partial charge in [-0.2, -0.15) is 0 Å². The van der Waals surface area contributed by atoms with Gasteiger partial charge >= 0.3 is 0 Å². The summed E-state index contributed by atoms with van der Waals surface area (Å²) in [4.78, 5) is 0. The van der Waals surface area contributed by atoms with E-state index in [1.165, 1.54) is 57.8 Å². The van der Waals surface area contributed by atoms with Gasteiger partial charge in [-0.15, -0.1) is 11.1 Å². The van der Waals surface area contributed by atoms with E-state index in [0.717, 1.165) is 11.8 Å². The molecule has 0 amide bonds. The van der Waals surface area contributed by atoms with Gasteiger partial charge in [-0.05, 0) is 37.5 Å². The highest BCUT2D eigenvalue weighted by atomic mass is 35.6. The molecule has 2 rings (SSSR count). The molecule has 0 atom stereocenters. The van der Waals surface area contributed by atoms with E-state index >= 15 is 0 Å². The van der Waals surface area contributed by atoms with Crippen LogP contribution in [0, 0.1) is 11.8 Å². The Hall–Kier alpha value is 0.467. The molecule has 0 bridgehead atoms. The number of halogens is 1. The van der Waals surface area contributed by atoms with E-state index in [9.17, 15) is 0 Å². The zero-order valence-electron chi connectivity index (χ0n) is 9.59. The summed E-state index contributed by atoms with van der Waals surface area (Å²) in [5.74, 6) is 2.06. The molecular weight excluding hydrogens is 224 g/mol. The molecule has 2 aliphatic rings. The Morgan fingerprint density at radius 2 is 1.40 bits per heavy atom. The van der Waals surface area contributed by atoms with Crippen molar-refractivity contribution >= 4 is 20.2 Å². The van der Waals surface area contributed by atoms with Crippen LogP contribution in [0.4, 0.5) is 0 Å². The van der Waals surface area contributed by atoms with E-state index in [4.69, 9.17) is 15.5 Å². The van der Waals surface area contributed by atoms with Gasteiger partial charge in [-0.3, -0.25) is 0 Å². The Kier molecular flexibility index (Phi) is 4.98. The normalized spacial score (nSPS) is 35.0. The van der Waals surface area contributed by atoms with Crippen LogP contribution in [0.15, 0.2) is 0 Å². The molecule has 2 fully saturated rings. The van der Waals surface area contributed by atoms with Crippen LogP contribution in [0.5, 0.6) is 0 Å². The summed E-state index contributed by atoms with van der Waals surface area (Å²) >= 11 is 5.74. The van der Waals surface area contributed by atoms with Crippen molar-refractivity contribution < 1.29 is 4.43 Å². The lowest BCUT2D eigenvalue weighted by molar-refractivity contribution is 0.105. The fourth-order valence-electron chi connectivity index (χ4n) is 3.42. The van der Waals surface area contributed by atoms with E-state index in [0.29, 0.717) is 6.10 Å². The minimum Gasteiger partial charge on any atom is -0.405 e. The lowest BCUT2D eigenvalue weighted by Gasteiger charge is -2.35. The standard InChI is InChI=1S/C12H23ClOSi/c13-15-14-12-8-6-11(7-9-12)10-4-2-1-3-5-10/h10-12H,1-9,15H2. The third-order valence-electron chi connectivity index (χ3n) is 4.33. The molecule has 88 valence electrons. The number of rotatable bonds is 3. The highest BCUT2D eigenvalue weighted by Gasteiger charge is 2.28. The predicted octanol–water partition coefficient (Wildman–Crippen LogP) is 3.38. The first-order chi connectivity index (χ1) is 7.40. The van der Waals surface area contributed by atoms with Gasteiger partial charge in [0.15, 0.2) is 0 Å². The lowest BCUT2D eigenvalue weighted by atomic mass is 9.73. The van der Waals surface area contributed by atoms with Crippen molar-refractivity contribution in [1.29, 1.82) is 0 Å². The SMILES string of the molecule is Cl[SiH2]OC1CCC(C2CCCCC2)CC1. The van der Waals surface area contributed by atoms with Gasteiger partial charge in [0, 0.05) is 6.10 Å². The van der Waals surface area contributed by atoms with Gasteiger partial charge in [0.2, 0.25) is 0 Å². The first-order valence-corrected chi connectivity index (χ1v) is 9.29. The Labute approximate surface area is 101 Å². The summed E-state index contributed by atoms with van der Waals surface area (Å²) in [5, 5.41) is 0. The molecule has 0 unspecified atom stereocenters. The van der Waals surface area contributed by atoms with E-state index in [1.807, 2.05) is 0 Å². The highest BCUT2D eigenvalue weighted by Crippen LogP contribution is 2.38. The molecule has 0 N–H and O–H groups in total. The van der Waals surface area contributed by atoms with Gasteiger partial charge in [0.25, 0.3) is 9.07 Å². The Balaban J connectivity index is 1.72. The first kappa shape index (κ1) is 11.9. The number of hydrogen-bond donors (Lipinski definition) is 0. The number of hydrogen-bond acceptors (Lipinski definition) is 1. The Morgan fingerprint density at radius 1 is 0.800 bits per heavy atom. The second kappa shape index (κ2) is 6.26. The average Bonchev–Trinajstić information content (AvgIpc) is 2.32. The van der Waals surface area contributed by atoms with Crippen molar-refractivity contribution in [3.63, 3.8) is 0 Å². The van der Waals surface area contributed by atoms with E-state index in [2.05, 4.69) is 0 Å². The maximum Gasteiger partial charge on any atom is 0.258 e. The maximum atomic E-state index is 5.74. The molecule has 0 aromatic rings. The molecular formula is C12H23ClOSi. The quantitative estimate of drug-likeness (QED) is 0.548. The van der Waals surface area contributed by atoms with E-state index < -0.39 is 9.07 Å². The van der Waals surface area contributed by atoms with Crippen molar-refractivity contribution in [3.8, 4) is 0 Å². The third-order valence-corrected chi connectivity index (χ3v) is 5.31. The summed E-state index contributed by atoms with van der Waals surface area (Å²) < 4.78 is 5.62. The van der Waals surface area contributed by atoms with Gasteiger partial charge in [-0.1, -0.05) is 32.1 Å². The smallest absolute Gasteiger partial charge is 0.258 e. The largest absolute Gasteiger partial charge is 0.405 e. The summed E-state index contributed by atoms with van der Waals surface area (Å²) in [5.41, 5.74) is 0. The van der Waals surface area contributed by atoms with Crippen LogP contribution in [0.2, 0.25) is 0 Å². The van der Waals surface area contributed by atoms with Crippen LogP contribution in [0.25, 0.3) is 0 Å². The molecule has 1 nitrogen and oxygen atoms in total. The minimum absolute atomic E-state index is 0.522. The van der Waals surface area contributed by atoms with Crippen LogP contribution in [-0.4, -0.2) is 15.2 Å². The fourth-order valence-corrected chi connectivity index (χ4v) is 4.47. The zero-order chi connectivity index (χ0) is 10.5. The maximum absolute atomic E-state index is 5.74. The molecule has 0 radical (unpaired) electrons. The monoisotopic (exact) mass is 246 g/mol. The topological polar surface area (TPSA) is 9.23 Å². The summed E-state index contributed by atoms with van der Waals surface area (Å²) in [6.45, 7) is 0. The molecule has 3 heteroatoms. The third kappa shape index (κ3) is 3.47. The first-order valence-electron chi connectivity index (χ1n) is 6.57. The zero-order valence-corrected chi connectivity index (χ0v) is 11.8. The fraction of sp³-hybridized carbons (Fsp3) is 1.00. The molecule has 0 heterocycles. The summed E-state index contributed by atoms with van der Waals surface area (Å²) in [7, 11) is -0.699. The molecule has 0 spiro atoms. The molecule has 2 aliphatic carbocycles. The molecule has 15 heavy (non-hydrogen) atoms. The van der Waals surface area contributed by atoms with Gasteiger partial charge in [0.05, 0.1) is 0 Å². The Morgan fingerprint density at radius 3 is 2.00 bits per heavy atom. The lowest BCUT2D eigenvalue weighted by Crippen LogP contribution is -2.27. The second-order valence-corrected chi connectivity index (χ2v) is 6.42. The predicted molar refractivity (Wildman–Crippen MR) is 67.8 cm³/mol. The Bertz CT molecular complexity index is 174. The van der Waals surface area contributed by atoms with Gasteiger partial charge < -0.3 is 4.43 Å². The average molecular weight is 247 g/mol. The van der Waals surface area contributed by atoms with Gasteiger partial charge in [0.1, 0.15) is 0 Å². The van der Waals surface area contributed by atoms with Crippen molar-refractivity contribution in [3.05, 3.63) is 0 Å². The van der Waals surface area contributed by atoms with Crippen LogP contribution in [-0.2, 0) is 4.43 Å². The van der Waals surface area contributed by atoms with Gasteiger partial charge in [-0.25, -0.2) is 0 Å². The molecule has 2 saturated carbocycles. The van der Waals surface area contributed by atoms with Crippen LogP contribution < -0.4 is 0 Å².